The minimum atomic E-state index is -0.509. The number of carbonyl (C=O) groups is 1. The molecular weight excluding hydrogens is 374 g/mol. The molecule has 26 heavy (non-hydrogen) atoms. The Labute approximate surface area is 157 Å². The van der Waals surface area contributed by atoms with Gasteiger partial charge in [0.1, 0.15) is 5.69 Å². The molecular formula is C17H12ClN5O2S. The van der Waals surface area contributed by atoms with E-state index >= 15 is 0 Å². The van der Waals surface area contributed by atoms with Crippen LogP contribution in [0.15, 0.2) is 46.5 Å². The molecule has 0 saturated carbocycles. The maximum absolute atomic E-state index is 12.3. The third kappa shape index (κ3) is 3.09. The Kier molecular flexibility index (Phi) is 4.21. The summed E-state index contributed by atoms with van der Waals surface area (Å²) in [5.74, 6) is -0.350. The fourth-order valence-corrected chi connectivity index (χ4v) is 3.92. The Morgan fingerprint density at radius 3 is 2.92 bits per heavy atom. The maximum atomic E-state index is 12.3. The first kappa shape index (κ1) is 16.7. The molecule has 130 valence electrons. The second kappa shape index (κ2) is 6.54. The summed E-state index contributed by atoms with van der Waals surface area (Å²) in [7, 11) is 0. The van der Waals surface area contributed by atoms with Crippen LogP contribution in [-0.2, 0) is 0 Å². The zero-order valence-corrected chi connectivity index (χ0v) is 15.1. The van der Waals surface area contributed by atoms with Gasteiger partial charge in [0.05, 0.1) is 11.9 Å². The third-order valence-corrected chi connectivity index (χ3v) is 5.34. The van der Waals surface area contributed by atoms with Gasteiger partial charge < -0.3 is 4.98 Å². The zero-order valence-electron chi connectivity index (χ0n) is 13.5. The van der Waals surface area contributed by atoms with Crippen molar-refractivity contribution < 1.29 is 4.79 Å². The Morgan fingerprint density at radius 1 is 1.31 bits per heavy atom. The Balaban J connectivity index is 1.70. The average Bonchev–Trinajstić information content (AvgIpc) is 2.63. The lowest BCUT2D eigenvalue weighted by molar-refractivity contribution is 0.102. The molecule has 3 heterocycles. The van der Waals surface area contributed by atoms with Crippen LogP contribution in [-0.4, -0.2) is 25.8 Å². The van der Waals surface area contributed by atoms with Crippen LogP contribution in [0.4, 0.5) is 5.95 Å². The molecule has 0 spiro atoms. The molecule has 1 aliphatic heterocycles. The number of H-pyrrole nitrogens is 1. The molecule has 1 atom stereocenters. The van der Waals surface area contributed by atoms with Gasteiger partial charge in [0.15, 0.2) is 0 Å². The Hall–Kier alpha value is -2.71. The molecule has 9 heteroatoms. The highest BCUT2D eigenvalue weighted by Gasteiger charge is 2.25. The summed E-state index contributed by atoms with van der Waals surface area (Å²) in [4.78, 5) is 39.3. The summed E-state index contributed by atoms with van der Waals surface area (Å²) in [5, 5.41) is 3.40. The summed E-state index contributed by atoms with van der Waals surface area (Å²) in [6.07, 6.45) is 3.99. The topological polar surface area (TPSA) is 101 Å². The predicted molar refractivity (Wildman–Crippen MR) is 99.6 cm³/mol. The predicted octanol–water partition coefficient (Wildman–Crippen LogP) is 3.30. The Morgan fingerprint density at radius 2 is 2.15 bits per heavy atom. The van der Waals surface area contributed by atoms with Crippen molar-refractivity contribution in [1.29, 1.82) is 0 Å². The molecule has 3 aromatic rings. The van der Waals surface area contributed by atoms with E-state index in [4.69, 9.17) is 11.6 Å². The number of halogens is 1. The van der Waals surface area contributed by atoms with Crippen LogP contribution in [0.2, 0.25) is 5.02 Å². The number of anilines is 1. The molecule has 0 saturated heterocycles. The number of nitrogens with zero attached hydrogens (tertiary/aromatic N) is 3. The number of amides is 1. The average molecular weight is 386 g/mol. The molecule has 1 aliphatic rings. The monoisotopic (exact) mass is 385 g/mol. The number of aromatic nitrogens is 4. The van der Waals surface area contributed by atoms with E-state index in [0.29, 0.717) is 5.02 Å². The van der Waals surface area contributed by atoms with Crippen LogP contribution in [0.1, 0.15) is 28.2 Å². The highest BCUT2D eigenvalue weighted by atomic mass is 35.5. The van der Waals surface area contributed by atoms with Gasteiger partial charge in [-0.2, -0.15) is 0 Å². The second-order valence-electron chi connectivity index (χ2n) is 5.65. The van der Waals surface area contributed by atoms with Gasteiger partial charge in [-0.3, -0.25) is 14.9 Å². The highest BCUT2D eigenvalue weighted by Crippen LogP contribution is 2.48. The molecule has 0 aliphatic carbocycles. The van der Waals surface area contributed by atoms with Crippen LogP contribution < -0.4 is 10.9 Å². The van der Waals surface area contributed by atoms with Gasteiger partial charge in [0, 0.05) is 38.7 Å². The summed E-state index contributed by atoms with van der Waals surface area (Å²) < 4.78 is 0. The second-order valence-corrected chi connectivity index (χ2v) is 7.47. The third-order valence-electron chi connectivity index (χ3n) is 3.89. The van der Waals surface area contributed by atoms with Gasteiger partial charge in [-0.25, -0.2) is 15.0 Å². The van der Waals surface area contributed by atoms with E-state index in [-0.39, 0.29) is 22.5 Å². The van der Waals surface area contributed by atoms with Crippen molar-refractivity contribution in [3.05, 3.63) is 63.4 Å². The quantitative estimate of drug-likeness (QED) is 0.702. The fourth-order valence-electron chi connectivity index (χ4n) is 2.64. The number of nitrogens with one attached hydrogen (secondary N) is 2. The van der Waals surface area contributed by atoms with Crippen molar-refractivity contribution in [3.63, 3.8) is 0 Å². The van der Waals surface area contributed by atoms with Gasteiger partial charge in [-0.1, -0.05) is 11.6 Å². The van der Waals surface area contributed by atoms with Gasteiger partial charge in [0.25, 0.3) is 11.5 Å². The van der Waals surface area contributed by atoms with Crippen LogP contribution in [0, 0.1) is 0 Å². The number of carbonyl (C=O) groups excluding carboxylic acids is 1. The van der Waals surface area contributed by atoms with Crippen LogP contribution in [0.3, 0.4) is 0 Å². The Bertz CT molecular complexity index is 1060. The first-order valence-corrected chi connectivity index (χ1v) is 8.96. The standard InChI is InChI=1S/C17H12ClN5O2S/c1-8-11-5-21-17(23-16(25)12-6-20-14(24)7-19-12)22-15(11)10-4-9(18)2-3-13(10)26-8/h2-8H,1H3,(H,20,24)(H,21,22,23,25). The number of hydrogen-bond acceptors (Lipinski definition) is 6. The first-order chi connectivity index (χ1) is 12.5. The number of rotatable bonds is 2. The molecule has 2 aromatic heterocycles. The SMILES string of the molecule is CC1Sc2ccc(Cl)cc2-c2nc(NC(=O)c3c[nH]c(=O)cn3)ncc21. The number of thioether (sulfide) groups is 1. The molecule has 1 unspecified atom stereocenters. The molecule has 0 radical (unpaired) electrons. The molecule has 4 rings (SSSR count). The fraction of sp³-hybridized carbons (Fsp3) is 0.118. The molecule has 0 fully saturated rings. The van der Waals surface area contributed by atoms with Crippen LogP contribution >= 0.6 is 23.4 Å². The van der Waals surface area contributed by atoms with Crippen molar-refractivity contribution in [2.45, 2.75) is 17.1 Å². The lowest BCUT2D eigenvalue weighted by Crippen LogP contribution is -2.19. The normalized spacial score (nSPS) is 15.1. The van der Waals surface area contributed by atoms with Crippen LogP contribution in [0.5, 0.6) is 0 Å². The zero-order chi connectivity index (χ0) is 18.3. The van der Waals surface area contributed by atoms with Crippen molar-refractivity contribution in [3.8, 4) is 11.3 Å². The lowest BCUT2D eigenvalue weighted by Gasteiger charge is -2.23. The van der Waals surface area contributed by atoms with E-state index in [1.165, 1.54) is 6.20 Å². The summed E-state index contributed by atoms with van der Waals surface area (Å²) in [6.45, 7) is 2.08. The van der Waals surface area contributed by atoms with Crippen molar-refractivity contribution >= 4 is 35.2 Å². The summed E-state index contributed by atoms with van der Waals surface area (Å²) in [5.41, 5.74) is 2.32. The number of hydrogen-bond donors (Lipinski definition) is 2. The number of aromatic amines is 1. The molecule has 7 nitrogen and oxygen atoms in total. The van der Waals surface area contributed by atoms with Gasteiger partial charge in [-0.05, 0) is 25.1 Å². The van der Waals surface area contributed by atoms with Gasteiger partial charge in [-0.15, -0.1) is 11.8 Å². The highest BCUT2D eigenvalue weighted by molar-refractivity contribution is 7.99. The maximum Gasteiger partial charge on any atom is 0.278 e. The van der Waals surface area contributed by atoms with E-state index in [1.54, 1.807) is 18.0 Å². The first-order valence-electron chi connectivity index (χ1n) is 7.71. The van der Waals surface area contributed by atoms with Crippen LogP contribution in [0.25, 0.3) is 11.3 Å². The van der Waals surface area contributed by atoms with E-state index in [0.717, 1.165) is 27.9 Å². The van der Waals surface area contributed by atoms with Gasteiger partial charge >= 0.3 is 0 Å². The van der Waals surface area contributed by atoms with Gasteiger partial charge in [0.2, 0.25) is 5.95 Å². The number of benzene rings is 1. The summed E-state index contributed by atoms with van der Waals surface area (Å²) >= 11 is 7.85. The van der Waals surface area contributed by atoms with Crippen molar-refractivity contribution in [2.24, 2.45) is 0 Å². The van der Waals surface area contributed by atoms with E-state index in [9.17, 15) is 9.59 Å². The van der Waals surface area contributed by atoms with Crippen molar-refractivity contribution in [1.82, 2.24) is 19.9 Å². The molecule has 0 bridgehead atoms. The van der Waals surface area contributed by atoms with Crippen molar-refractivity contribution in [2.75, 3.05) is 5.32 Å². The smallest absolute Gasteiger partial charge is 0.278 e. The molecule has 1 amide bonds. The minimum absolute atomic E-state index is 0.0679. The summed E-state index contributed by atoms with van der Waals surface area (Å²) in [6, 6.07) is 5.67. The number of fused-ring (bicyclic) bond motifs is 3. The molecule has 1 aromatic carbocycles. The minimum Gasteiger partial charge on any atom is -0.325 e. The van der Waals surface area contributed by atoms with E-state index in [1.807, 2.05) is 18.2 Å². The molecule has 2 N–H and O–H groups in total. The largest absolute Gasteiger partial charge is 0.325 e. The van der Waals surface area contributed by atoms with E-state index < -0.39 is 5.91 Å². The van der Waals surface area contributed by atoms with E-state index in [2.05, 4.69) is 32.2 Å². The lowest BCUT2D eigenvalue weighted by atomic mass is 10.0.